The zero-order valence-corrected chi connectivity index (χ0v) is 18.2. The molecular weight excluding hydrogens is 472 g/mol. The third-order valence-electron chi connectivity index (χ3n) is 5.30. The fourth-order valence-corrected chi connectivity index (χ4v) is 3.82. The van der Waals surface area contributed by atoms with Crippen molar-refractivity contribution in [2.75, 3.05) is 38.0 Å². The third-order valence-corrected chi connectivity index (χ3v) is 5.53. The fraction of sp³-hybridized carbons (Fsp3) is 0.409. The van der Waals surface area contributed by atoms with E-state index in [2.05, 4.69) is 10.2 Å². The molecule has 1 heterocycles. The van der Waals surface area contributed by atoms with Crippen molar-refractivity contribution in [3.8, 4) is 0 Å². The summed E-state index contributed by atoms with van der Waals surface area (Å²) in [4.78, 5) is 16.3. The number of nitrogens with zero attached hydrogens (tertiary/aromatic N) is 2. The molecule has 2 aromatic rings. The van der Waals surface area contributed by atoms with Gasteiger partial charge in [-0.05, 0) is 55.4 Å². The molecule has 0 bridgehead atoms. The van der Waals surface area contributed by atoms with Gasteiger partial charge in [-0.25, -0.2) is 0 Å². The van der Waals surface area contributed by atoms with Gasteiger partial charge in [0.05, 0.1) is 23.4 Å². The van der Waals surface area contributed by atoms with Gasteiger partial charge in [0.2, 0.25) is 5.91 Å². The number of benzene rings is 2. The highest BCUT2D eigenvalue weighted by Crippen LogP contribution is 2.36. The number of halogens is 7. The van der Waals surface area contributed by atoms with E-state index in [1.165, 1.54) is 18.2 Å². The third kappa shape index (κ3) is 7.35. The Bertz CT molecular complexity index is 962. The largest absolute Gasteiger partial charge is 0.418 e. The van der Waals surface area contributed by atoms with Crippen LogP contribution in [0.3, 0.4) is 0 Å². The molecule has 1 fully saturated rings. The highest BCUT2D eigenvalue weighted by atomic mass is 35.5. The van der Waals surface area contributed by atoms with E-state index in [9.17, 15) is 31.1 Å². The summed E-state index contributed by atoms with van der Waals surface area (Å²) in [6.45, 7) is 2.73. The summed E-state index contributed by atoms with van der Waals surface area (Å²) in [6.07, 6.45) is -8.33. The predicted molar refractivity (Wildman–Crippen MR) is 113 cm³/mol. The minimum Gasteiger partial charge on any atom is -0.324 e. The Hall–Kier alpha value is -2.30. The number of hydrogen-bond donors (Lipinski definition) is 1. The maximum absolute atomic E-state index is 13.2. The molecule has 0 unspecified atom stereocenters. The number of amides is 1. The maximum Gasteiger partial charge on any atom is 0.418 e. The standard InChI is InChI=1S/C22H22ClF6N3O/c23-17-6-7-19(18(12-17)22(27,28)29)30-20(33)14-32-9-1-8-31(10-11-32)13-15-2-4-16(5-3-15)21(24,25)26/h2-7,12H,1,8-11,13-14H2,(H,30,33). The predicted octanol–water partition coefficient (Wildman–Crippen LogP) is 5.52. The number of nitrogens with one attached hydrogen (secondary N) is 1. The zero-order valence-electron chi connectivity index (χ0n) is 17.4. The second kappa shape index (κ2) is 10.3. The van der Waals surface area contributed by atoms with Crippen LogP contribution < -0.4 is 5.32 Å². The van der Waals surface area contributed by atoms with Gasteiger partial charge < -0.3 is 5.32 Å². The summed E-state index contributed by atoms with van der Waals surface area (Å²) in [5.74, 6) is -0.570. The lowest BCUT2D eigenvalue weighted by molar-refractivity contribution is -0.138. The van der Waals surface area contributed by atoms with Crippen LogP contribution in [-0.2, 0) is 23.7 Å². The SMILES string of the molecule is O=C(CN1CCCN(Cc2ccc(C(F)(F)F)cc2)CC1)Nc1ccc(Cl)cc1C(F)(F)F. The first-order valence-corrected chi connectivity index (χ1v) is 10.6. The molecule has 0 aliphatic carbocycles. The van der Waals surface area contributed by atoms with E-state index in [0.717, 1.165) is 29.8 Å². The van der Waals surface area contributed by atoms with E-state index < -0.39 is 29.4 Å². The maximum atomic E-state index is 13.2. The van der Waals surface area contributed by atoms with Gasteiger partial charge in [-0.1, -0.05) is 23.7 Å². The van der Waals surface area contributed by atoms with Crippen LogP contribution in [0.15, 0.2) is 42.5 Å². The van der Waals surface area contributed by atoms with Crippen molar-refractivity contribution in [3.63, 3.8) is 0 Å². The number of alkyl halides is 6. The molecule has 0 radical (unpaired) electrons. The topological polar surface area (TPSA) is 35.6 Å². The van der Waals surface area contributed by atoms with Crippen molar-refractivity contribution < 1.29 is 31.1 Å². The number of carbonyl (C=O) groups is 1. The van der Waals surface area contributed by atoms with Gasteiger partial charge in [0, 0.05) is 24.7 Å². The van der Waals surface area contributed by atoms with Crippen molar-refractivity contribution in [3.05, 3.63) is 64.2 Å². The molecule has 1 saturated heterocycles. The Kier molecular flexibility index (Phi) is 7.92. The second-order valence-electron chi connectivity index (χ2n) is 7.84. The molecule has 3 rings (SSSR count). The van der Waals surface area contributed by atoms with E-state index in [4.69, 9.17) is 11.6 Å². The van der Waals surface area contributed by atoms with Crippen LogP contribution in [0.4, 0.5) is 32.0 Å². The van der Waals surface area contributed by atoms with Gasteiger partial charge in [0.15, 0.2) is 0 Å². The molecule has 0 aromatic heterocycles. The number of anilines is 1. The summed E-state index contributed by atoms with van der Waals surface area (Å²) in [5, 5.41) is 2.23. The number of hydrogen-bond acceptors (Lipinski definition) is 3. The van der Waals surface area contributed by atoms with Crippen LogP contribution >= 0.6 is 11.6 Å². The van der Waals surface area contributed by atoms with Crippen LogP contribution in [0, 0.1) is 0 Å². The van der Waals surface area contributed by atoms with Crippen LogP contribution in [0.2, 0.25) is 5.02 Å². The molecule has 0 spiro atoms. The molecule has 2 aromatic carbocycles. The quantitative estimate of drug-likeness (QED) is 0.557. The van der Waals surface area contributed by atoms with E-state index in [0.29, 0.717) is 39.1 Å². The lowest BCUT2D eigenvalue weighted by Crippen LogP contribution is -2.36. The highest BCUT2D eigenvalue weighted by molar-refractivity contribution is 6.30. The molecule has 11 heteroatoms. The van der Waals surface area contributed by atoms with E-state index in [1.807, 2.05) is 4.90 Å². The molecule has 180 valence electrons. The molecule has 1 amide bonds. The molecule has 1 aliphatic heterocycles. The Balaban J connectivity index is 1.54. The Morgan fingerprint density at radius 2 is 1.52 bits per heavy atom. The zero-order chi connectivity index (χ0) is 24.2. The molecule has 4 nitrogen and oxygen atoms in total. The van der Waals surface area contributed by atoms with Gasteiger partial charge in [-0.2, -0.15) is 26.3 Å². The first-order chi connectivity index (χ1) is 15.4. The molecule has 33 heavy (non-hydrogen) atoms. The minimum atomic E-state index is -4.66. The van der Waals surface area contributed by atoms with Crippen LogP contribution in [-0.4, -0.2) is 48.4 Å². The number of carbonyl (C=O) groups excluding carboxylic acids is 1. The summed E-state index contributed by atoms with van der Waals surface area (Å²) in [5.41, 5.74) is -1.32. The summed E-state index contributed by atoms with van der Waals surface area (Å²) in [7, 11) is 0. The molecule has 1 aliphatic rings. The van der Waals surface area contributed by atoms with E-state index in [-0.39, 0.29) is 17.3 Å². The Morgan fingerprint density at radius 1 is 0.879 bits per heavy atom. The summed E-state index contributed by atoms with van der Waals surface area (Å²) in [6, 6.07) is 8.16. The van der Waals surface area contributed by atoms with Crippen molar-refractivity contribution in [1.82, 2.24) is 9.80 Å². The van der Waals surface area contributed by atoms with E-state index in [1.54, 1.807) is 0 Å². The van der Waals surface area contributed by atoms with Crippen LogP contribution in [0.1, 0.15) is 23.1 Å². The van der Waals surface area contributed by atoms with Crippen LogP contribution in [0.25, 0.3) is 0 Å². The van der Waals surface area contributed by atoms with Gasteiger partial charge >= 0.3 is 12.4 Å². The fourth-order valence-electron chi connectivity index (χ4n) is 3.65. The minimum absolute atomic E-state index is 0.0754. The first kappa shape index (κ1) is 25.3. The van der Waals surface area contributed by atoms with Crippen molar-refractivity contribution in [2.24, 2.45) is 0 Å². The summed E-state index contributed by atoms with van der Waals surface area (Å²) >= 11 is 5.66. The van der Waals surface area contributed by atoms with Crippen molar-refractivity contribution >= 4 is 23.2 Å². The number of rotatable bonds is 5. The molecule has 0 saturated carbocycles. The van der Waals surface area contributed by atoms with Gasteiger partial charge in [0.1, 0.15) is 0 Å². The normalized spacial score (nSPS) is 16.5. The summed E-state index contributed by atoms with van der Waals surface area (Å²) < 4.78 is 77.7. The van der Waals surface area contributed by atoms with Gasteiger partial charge in [-0.15, -0.1) is 0 Å². The molecular formula is C22H22ClF6N3O. The van der Waals surface area contributed by atoms with Gasteiger partial charge in [-0.3, -0.25) is 14.6 Å². The highest BCUT2D eigenvalue weighted by Gasteiger charge is 2.34. The average molecular weight is 494 g/mol. The lowest BCUT2D eigenvalue weighted by Gasteiger charge is -2.22. The smallest absolute Gasteiger partial charge is 0.324 e. The van der Waals surface area contributed by atoms with Crippen LogP contribution in [0.5, 0.6) is 0 Å². The monoisotopic (exact) mass is 493 g/mol. The lowest BCUT2D eigenvalue weighted by atomic mass is 10.1. The average Bonchev–Trinajstić information content (AvgIpc) is 2.93. The molecule has 1 N–H and O–H groups in total. The first-order valence-electron chi connectivity index (χ1n) is 10.2. The van der Waals surface area contributed by atoms with E-state index >= 15 is 0 Å². The second-order valence-corrected chi connectivity index (χ2v) is 8.27. The Labute approximate surface area is 192 Å². The Morgan fingerprint density at radius 3 is 2.15 bits per heavy atom. The van der Waals surface area contributed by atoms with Crippen molar-refractivity contribution in [2.45, 2.75) is 25.3 Å². The molecule has 0 atom stereocenters. The van der Waals surface area contributed by atoms with Crippen molar-refractivity contribution in [1.29, 1.82) is 0 Å². The van der Waals surface area contributed by atoms with Gasteiger partial charge in [0.25, 0.3) is 0 Å².